The number of thiophene rings is 1. The molecule has 0 N–H and O–H groups in total. The lowest BCUT2D eigenvalue weighted by Gasteiger charge is -2.46. The molecule has 2 aliphatic heterocycles. The molecular formula is C64H59BN2S. The second-order valence-electron chi connectivity index (χ2n) is 22.0. The molecular weight excluding hydrogens is 840 g/mol. The minimum absolute atomic E-state index is 0.0109. The SMILES string of the molecule is Cc1ccccc1-c1cc2c3c(c1)N(Cc1ccc(C(C)(C)C)cc1-c1ccccc1)c1c(sc4ccccc14)B3N(c1ccc3c(c1)C(C)(C)CCC3(C)C)c1cc(-c3ccccc3)ccc1-2. The molecule has 3 aliphatic rings. The summed E-state index contributed by atoms with van der Waals surface area (Å²) >= 11 is 1.98. The van der Waals surface area contributed by atoms with Crippen molar-refractivity contribution in [1.29, 1.82) is 0 Å². The van der Waals surface area contributed by atoms with E-state index in [2.05, 4.69) is 241 Å². The van der Waals surface area contributed by atoms with Gasteiger partial charge in [0.2, 0.25) is 0 Å². The van der Waals surface area contributed by atoms with Gasteiger partial charge in [0, 0.05) is 44.0 Å². The predicted octanol–water partition coefficient (Wildman–Crippen LogP) is 16.4. The summed E-state index contributed by atoms with van der Waals surface area (Å²) < 4.78 is 2.71. The molecule has 1 aromatic heterocycles. The molecule has 0 saturated carbocycles. The molecule has 0 saturated heterocycles. The summed E-state index contributed by atoms with van der Waals surface area (Å²) in [5.74, 6) is 0. The molecule has 0 fully saturated rings. The molecule has 1 aliphatic carbocycles. The van der Waals surface area contributed by atoms with Crippen LogP contribution in [0.5, 0.6) is 0 Å². The summed E-state index contributed by atoms with van der Waals surface area (Å²) in [5, 5.41) is 1.31. The van der Waals surface area contributed by atoms with Gasteiger partial charge in [-0.2, -0.15) is 0 Å². The standard InChI is InChI=1S/C64H59BN2S/c1-41-19-15-16-24-49(41)46-35-53-50-31-28-44(42-20-11-9-12-21-42)36-56(50)67(48-30-32-54-55(39-48)64(7,8)34-33-63(54,5)6)65-59(53)57(37-46)66(60-51-25-17-18-26-58(51)68-61(60)65)40-45-27-29-47(62(2,3)4)38-52(45)43-22-13-10-14-23-43/h9-32,35-39H,33-34,40H2,1-8H3. The van der Waals surface area contributed by atoms with Crippen molar-refractivity contribution in [1.82, 2.24) is 0 Å². The number of hydrogen-bond acceptors (Lipinski definition) is 3. The van der Waals surface area contributed by atoms with Crippen molar-refractivity contribution in [2.75, 3.05) is 9.71 Å². The quantitative estimate of drug-likeness (QED) is 0.153. The third-order valence-corrected chi connectivity index (χ3v) is 16.9. The fourth-order valence-electron chi connectivity index (χ4n) is 11.8. The highest BCUT2D eigenvalue weighted by atomic mass is 32.1. The van der Waals surface area contributed by atoms with Crippen molar-refractivity contribution in [3.8, 4) is 44.5 Å². The Morgan fingerprint density at radius 1 is 0.544 bits per heavy atom. The lowest BCUT2D eigenvalue weighted by atomic mass is 9.46. The van der Waals surface area contributed by atoms with E-state index < -0.39 is 0 Å². The Morgan fingerprint density at radius 3 is 1.97 bits per heavy atom. The summed E-state index contributed by atoms with van der Waals surface area (Å²) in [6.07, 6.45) is 2.36. The lowest BCUT2D eigenvalue weighted by Crippen LogP contribution is -2.61. The van der Waals surface area contributed by atoms with Gasteiger partial charge in [0.1, 0.15) is 0 Å². The van der Waals surface area contributed by atoms with E-state index in [0.717, 1.165) is 6.54 Å². The van der Waals surface area contributed by atoms with Gasteiger partial charge in [0.15, 0.2) is 0 Å². The van der Waals surface area contributed by atoms with E-state index in [-0.39, 0.29) is 23.1 Å². The first kappa shape index (κ1) is 42.7. The molecule has 3 heterocycles. The van der Waals surface area contributed by atoms with E-state index >= 15 is 0 Å². The normalized spacial score (nSPS) is 15.4. The van der Waals surface area contributed by atoms with Crippen LogP contribution in [0.25, 0.3) is 54.6 Å². The summed E-state index contributed by atoms with van der Waals surface area (Å²) in [4.78, 5) is 5.46. The first-order valence-electron chi connectivity index (χ1n) is 24.6. The van der Waals surface area contributed by atoms with Crippen LogP contribution in [-0.4, -0.2) is 6.85 Å². The van der Waals surface area contributed by atoms with Crippen molar-refractivity contribution in [3.05, 3.63) is 204 Å². The maximum atomic E-state index is 2.75. The van der Waals surface area contributed by atoms with Gasteiger partial charge < -0.3 is 9.71 Å². The number of rotatable bonds is 6. The van der Waals surface area contributed by atoms with Crippen LogP contribution in [0.4, 0.5) is 22.7 Å². The van der Waals surface area contributed by atoms with Gasteiger partial charge in [-0.3, -0.25) is 0 Å². The Bertz CT molecular complexity index is 3440. The fourth-order valence-corrected chi connectivity index (χ4v) is 13.1. The molecule has 9 aromatic rings. The minimum atomic E-state index is -0.0669. The highest BCUT2D eigenvalue weighted by molar-refractivity contribution is 7.32. The topological polar surface area (TPSA) is 6.48 Å². The van der Waals surface area contributed by atoms with Crippen molar-refractivity contribution >= 4 is 61.3 Å². The smallest absolute Gasteiger partial charge is 0.343 e. The van der Waals surface area contributed by atoms with E-state index in [1.54, 1.807) is 0 Å². The third-order valence-electron chi connectivity index (χ3n) is 15.7. The maximum Gasteiger partial charge on any atom is 0.343 e. The molecule has 0 radical (unpaired) electrons. The molecule has 334 valence electrons. The Morgan fingerprint density at radius 2 is 1.22 bits per heavy atom. The molecule has 2 nitrogen and oxygen atoms in total. The molecule has 0 bridgehead atoms. The van der Waals surface area contributed by atoms with Gasteiger partial charge in [-0.1, -0.05) is 188 Å². The lowest BCUT2D eigenvalue weighted by molar-refractivity contribution is 0.332. The summed E-state index contributed by atoms with van der Waals surface area (Å²) in [7, 11) is 0. The third kappa shape index (κ3) is 6.89. The van der Waals surface area contributed by atoms with Crippen LogP contribution in [0.15, 0.2) is 176 Å². The first-order valence-corrected chi connectivity index (χ1v) is 25.4. The van der Waals surface area contributed by atoms with Crippen LogP contribution in [-0.2, 0) is 22.8 Å². The molecule has 0 atom stereocenters. The second-order valence-corrected chi connectivity index (χ2v) is 23.1. The molecule has 4 heteroatoms. The zero-order valence-electron chi connectivity index (χ0n) is 40.7. The van der Waals surface area contributed by atoms with E-state index in [1.165, 1.54) is 128 Å². The Balaban J connectivity index is 1.18. The van der Waals surface area contributed by atoms with Gasteiger partial charge >= 0.3 is 6.85 Å². The zero-order valence-corrected chi connectivity index (χ0v) is 41.6. The number of nitrogens with zero attached hydrogens (tertiary/aromatic N) is 2. The predicted molar refractivity (Wildman–Crippen MR) is 295 cm³/mol. The maximum absolute atomic E-state index is 2.75. The van der Waals surface area contributed by atoms with Crippen LogP contribution in [0, 0.1) is 6.92 Å². The molecule has 0 amide bonds. The van der Waals surface area contributed by atoms with Crippen LogP contribution in [0.1, 0.15) is 89.1 Å². The zero-order chi connectivity index (χ0) is 46.7. The van der Waals surface area contributed by atoms with Crippen molar-refractivity contribution < 1.29 is 0 Å². The average molecular weight is 899 g/mol. The van der Waals surface area contributed by atoms with Crippen LogP contribution < -0.4 is 20.0 Å². The van der Waals surface area contributed by atoms with Crippen molar-refractivity contribution in [3.63, 3.8) is 0 Å². The van der Waals surface area contributed by atoms with Gasteiger partial charge in [0.25, 0.3) is 0 Å². The number of hydrogen-bond donors (Lipinski definition) is 0. The van der Waals surface area contributed by atoms with E-state index in [9.17, 15) is 0 Å². The number of aryl methyl sites for hydroxylation is 1. The van der Waals surface area contributed by atoms with Crippen LogP contribution in [0.3, 0.4) is 0 Å². The highest BCUT2D eigenvalue weighted by Gasteiger charge is 2.48. The van der Waals surface area contributed by atoms with Gasteiger partial charge in [-0.25, -0.2) is 0 Å². The summed E-state index contributed by atoms with van der Waals surface area (Å²) in [6.45, 7) is 19.7. The largest absolute Gasteiger partial charge is 0.376 e. The molecule has 68 heavy (non-hydrogen) atoms. The Hall–Kier alpha value is -6.62. The number of benzene rings is 8. The highest BCUT2D eigenvalue weighted by Crippen LogP contribution is 2.53. The average Bonchev–Trinajstić information content (AvgIpc) is 3.74. The first-order chi connectivity index (χ1) is 32.7. The molecule has 0 unspecified atom stereocenters. The number of anilines is 4. The Kier molecular flexibility index (Phi) is 9.88. The van der Waals surface area contributed by atoms with E-state index in [1.807, 2.05) is 11.3 Å². The van der Waals surface area contributed by atoms with Crippen molar-refractivity contribution in [2.24, 2.45) is 0 Å². The minimum Gasteiger partial charge on any atom is -0.376 e. The summed E-state index contributed by atoms with van der Waals surface area (Å²) in [6, 6.07) is 67.2. The van der Waals surface area contributed by atoms with E-state index in [0.29, 0.717) is 0 Å². The Labute approximate surface area is 408 Å². The van der Waals surface area contributed by atoms with Gasteiger partial charge in [-0.05, 0) is 145 Å². The van der Waals surface area contributed by atoms with Gasteiger partial charge in [0.05, 0.1) is 5.69 Å². The van der Waals surface area contributed by atoms with Crippen LogP contribution in [0.2, 0.25) is 0 Å². The molecule has 8 aromatic carbocycles. The van der Waals surface area contributed by atoms with Gasteiger partial charge in [-0.15, -0.1) is 11.3 Å². The molecule has 12 rings (SSSR count). The monoisotopic (exact) mass is 898 g/mol. The molecule has 0 spiro atoms. The van der Waals surface area contributed by atoms with Crippen LogP contribution >= 0.6 is 11.3 Å². The van der Waals surface area contributed by atoms with E-state index in [4.69, 9.17) is 0 Å². The second kappa shape index (κ2) is 15.7. The fraction of sp³-hybridized carbons (Fsp3) is 0.219. The number of fused-ring (bicyclic) bond motifs is 7. The van der Waals surface area contributed by atoms with Crippen molar-refractivity contribution in [2.45, 2.75) is 91.0 Å². The summed E-state index contributed by atoms with van der Waals surface area (Å²) in [5.41, 5.74) is 23.7.